The van der Waals surface area contributed by atoms with Crippen molar-refractivity contribution in [2.75, 3.05) is 6.54 Å². The number of rotatable bonds is 9. The van der Waals surface area contributed by atoms with Gasteiger partial charge in [0.1, 0.15) is 0 Å². The van der Waals surface area contributed by atoms with Crippen LogP contribution < -0.4 is 0 Å². The normalized spacial score (nSPS) is 11.3. The van der Waals surface area contributed by atoms with Crippen LogP contribution in [-0.2, 0) is 13.1 Å². The third-order valence-electron chi connectivity index (χ3n) is 3.98. The van der Waals surface area contributed by atoms with Crippen LogP contribution in [0, 0.1) is 0 Å². The summed E-state index contributed by atoms with van der Waals surface area (Å²) in [4.78, 5) is 2.58. The maximum Gasteiger partial charge on any atom is 0.0453 e. The number of hydrogen-bond donors (Lipinski definition) is 0. The second kappa shape index (κ2) is 10.2. The minimum Gasteiger partial charge on any atom is -0.295 e. The van der Waals surface area contributed by atoms with E-state index < -0.39 is 0 Å². The van der Waals surface area contributed by atoms with E-state index in [1.807, 2.05) is 0 Å². The van der Waals surface area contributed by atoms with Gasteiger partial charge in [-0.3, -0.25) is 4.90 Å². The average Bonchev–Trinajstić information content (AvgIpc) is 2.56. The monoisotopic (exact) mass is 323 g/mol. The van der Waals surface area contributed by atoms with Crippen LogP contribution in [0.4, 0.5) is 0 Å². The molecule has 0 fully saturated rings. The summed E-state index contributed by atoms with van der Waals surface area (Å²) in [5.41, 5.74) is 6.79. The van der Waals surface area contributed by atoms with Gasteiger partial charge >= 0.3 is 0 Å². The van der Waals surface area contributed by atoms with Crippen molar-refractivity contribution in [2.24, 2.45) is 0 Å². The highest BCUT2D eigenvalue weighted by molar-refractivity contribution is 6.42. The first-order valence-corrected chi connectivity index (χ1v) is 10.5. The zero-order valence-corrected chi connectivity index (χ0v) is 16.0. The van der Waals surface area contributed by atoms with E-state index in [4.69, 9.17) is 0 Å². The van der Waals surface area contributed by atoms with E-state index in [0.717, 1.165) is 13.1 Å². The molecule has 0 bridgehead atoms. The van der Waals surface area contributed by atoms with Crippen molar-refractivity contribution in [3.8, 4) is 0 Å². The van der Waals surface area contributed by atoms with Gasteiger partial charge in [0.15, 0.2) is 0 Å². The Morgan fingerprint density at radius 1 is 0.870 bits per heavy atom. The van der Waals surface area contributed by atoms with E-state index in [2.05, 4.69) is 85.1 Å². The fraction of sp³-hybridized carbons (Fsp3) is 0.333. The molecule has 0 amide bonds. The van der Waals surface area contributed by atoms with E-state index in [0.29, 0.717) is 0 Å². The first-order chi connectivity index (χ1) is 11.2. The van der Waals surface area contributed by atoms with Crippen LogP contribution in [0.3, 0.4) is 0 Å². The lowest BCUT2D eigenvalue weighted by Crippen LogP contribution is -2.24. The Bertz CT molecular complexity index is 532. The van der Waals surface area contributed by atoms with Crippen LogP contribution in [0.5, 0.6) is 0 Å². The molecule has 0 radical (unpaired) electrons. The molecular weight excluding hydrogens is 294 g/mol. The van der Waals surface area contributed by atoms with Gasteiger partial charge < -0.3 is 0 Å². The molecule has 0 saturated heterocycles. The largest absolute Gasteiger partial charge is 0.295 e. The first kappa shape index (κ1) is 17.7. The van der Waals surface area contributed by atoms with Crippen LogP contribution in [0.15, 0.2) is 71.9 Å². The number of nitrogens with zero attached hydrogens (tertiary/aromatic N) is 1. The standard InChI is InChI=1S/C21H29NSi/c1-19(2)18-23-15-9-14-22(16-20-10-5-3-6-11-20)17-21-12-7-4-8-13-21/h3-8,10-13,18H,9,14-17,23H2,1-2H3. The highest BCUT2D eigenvalue weighted by atomic mass is 28.2. The summed E-state index contributed by atoms with van der Waals surface area (Å²) in [6.45, 7) is 7.70. The van der Waals surface area contributed by atoms with Crippen molar-refractivity contribution >= 4 is 9.52 Å². The number of benzene rings is 2. The molecule has 1 nitrogen and oxygen atoms in total. The highest BCUT2D eigenvalue weighted by Gasteiger charge is 2.06. The summed E-state index contributed by atoms with van der Waals surface area (Å²) in [6, 6.07) is 23.1. The van der Waals surface area contributed by atoms with Crippen molar-refractivity contribution in [2.45, 2.75) is 39.4 Å². The smallest absolute Gasteiger partial charge is 0.0453 e. The maximum atomic E-state index is 2.58. The molecule has 23 heavy (non-hydrogen) atoms. The van der Waals surface area contributed by atoms with E-state index >= 15 is 0 Å². The zero-order chi connectivity index (χ0) is 16.3. The van der Waals surface area contributed by atoms with Crippen LogP contribution in [0.1, 0.15) is 31.4 Å². The number of allylic oxidation sites excluding steroid dienone is 1. The molecule has 0 aromatic heterocycles. The van der Waals surface area contributed by atoms with Gasteiger partial charge in [-0.2, -0.15) is 0 Å². The van der Waals surface area contributed by atoms with E-state index in [9.17, 15) is 0 Å². The summed E-state index contributed by atoms with van der Waals surface area (Å²) in [5.74, 6) is 0. The minimum atomic E-state index is -0.00875. The Morgan fingerprint density at radius 3 is 1.87 bits per heavy atom. The fourth-order valence-electron chi connectivity index (χ4n) is 2.77. The molecule has 0 aliphatic rings. The number of hydrogen-bond acceptors (Lipinski definition) is 1. The van der Waals surface area contributed by atoms with E-state index in [1.54, 1.807) is 0 Å². The van der Waals surface area contributed by atoms with Crippen LogP contribution in [0.2, 0.25) is 6.04 Å². The lowest BCUT2D eigenvalue weighted by molar-refractivity contribution is 0.257. The minimum absolute atomic E-state index is 0.00875. The van der Waals surface area contributed by atoms with Gasteiger partial charge in [0.25, 0.3) is 0 Å². The van der Waals surface area contributed by atoms with Crippen molar-refractivity contribution < 1.29 is 0 Å². The van der Waals surface area contributed by atoms with E-state index in [1.165, 1.54) is 35.7 Å². The highest BCUT2D eigenvalue weighted by Crippen LogP contribution is 2.11. The van der Waals surface area contributed by atoms with Gasteiger partial charge in [-0.1, -0.05) is 72.3 Å². The summed E-state index contributed by atoms with van der Waals surface area (Å²) in [6.07, 6.45) is 1.32. The van der Waals surface area contributed by atoms with Gasteiger partial charge in [-0.25, -0.2) is 0 Å². The van der Waals surface area contributed by atoms with Gasteiger partial charge in [0, 0.05) is 22.6 Å². The van der Waals surface area contributed by atoms with Crippen LogP contribution in [0.25, 0.3) is 0 Å². The topological polar surface area (TPSA) is 3.24 Å². The molecule has 122 valence electrons. The summed E-state index contributed by atoms with van der Waals surface area (Å²) < 4.78 is 0. The molecule has 0 heterocycles. The molecule has 0 aliphatic heterocycles. The zero-order valence-electron chi connectivity index (χ0n) is 14.5. The molecule has 0 spiro atoms. The van der Waals surface area contributed by atoms with Gasteiger partial charge in [0.05, 0.1) is 0 Å². The average molecular weight is 324 g/mol. The second-order valence-electron chi connectivity index (χ2n) is 6.46. The SMILES string of the molecule is CC(C)=C[SiH2]CCCN(Cc1ccccc1)Cc1ccccc1. The fourth-order valence-corrected chi connectivity index (χ4v) is 4.06. The maximum absolute atomic E-state index is 2.58. The van der Waals surface area contributed by atoms with Crippen LogP contribution in [-0.4, -0.2) is 21.0 Å². The molecule has 2 aromatic rings. The summed E-state index contributed by atoms with van der Waals surface area (Å²) in [7, 11) is -0.00875. The third kappa shape index (κ3) is 7.44. The molecule has 2 aromatic carbocycles. The molecule has 0 atom stereocenters. The lowest BCUT2D eigenvalue weighted by Gasteiger charge is -2.22. The molecule has 0 unspecified atom stereocenters. The van der Waals surface area contributed by atoms with Crippen LogP contribution >= 0.6 is 0 Å². The predicted octanol–water partition coefficient (Wildman–Crippen LogP) is 4.59. The molecular formula is C21H29NSi. The van der Waals surface area contributed by atoms with E-state index in [-0.39, 0.29) is 9.52 Å². The van der Waals surface area contributed by atoms with Gasteiger partial charge in [-0.15, -0.1) is 5.70 Å². The predicted molar refractivity (Wildman–Crippen MR) is 104 cm³/mol. The molecule has 0 aliphatic carbocycles. The summed E-state index contributed by atoms with van der Waals surface area (Å²) >= 11 is 0. The third-order valence-corrected chi connectivity index (χ3v) is 5.99. The second-order valence-corrected chi connectivity index (χ2v) is 8.15. The molecule has 0 saturated carbocycles. The van der Waals surface area contributed by atoms with Crippen molar-refractivity contribution in [1.29, 1.82) is 0 Å². The van der Waals surface area contributed by atoms with Crippen molar-refractivity contribution in [1.82, 2.24) is 4.90 Å². The Morgan fingerprint density at radius 2 is 1.39 bits per heavy atom. The van der Waals surface area contributed by atoms with Crippen molar-refractivity contribution in [3.63, 3.8) is 0 Å². The Hall–Kier alpha value is -1.64. The first-order valence-electron chi connectivity index (χ1n) is 8.67. The van der Waals surface area contributed by atoms with Gasteiger partial charge in [0.2, 0.25) is 0 Å². The quantitative estimate of drug-likeness (QED) is 0.482. The van der Waals surface area contributed by atoms with Gasteiger partial charge in [-0.05, 0) is 37.9 Å². The van der Waals surface area contributed by atoms with Crippen molar-refractivity contribution in [3.05, 3.63) is 83.1 Å². The lowest BCUT2D eigenvalue weighted by atomic mass is 10.1. The molecule has 0 N–H and O–H groups in total. The molecule has 2 heteroatoms. The summed E-state index contributed by atoms with van der Waals surface area (Å²) in [5, 5.41) is 0. The Kier molecular flexibility index (Phi) is 7.85. The Labute approximate surface area is 143 Å². The Balaban J connectivity index is 1.89. The molecule has 2 rings (SSSR count).